The van der Waals surface area contributed by atoms with Crippen molar-refractivity contribution in [1.82, 2.24) is 10.3 Å². The SMILES string of the molecule is CC(Cl)C(=O)NCc1nc(C(N)=O)co1. The molecule has 0 aromatic carbocycles. The molecule has 0 aliphatic carbocycles. The average Bonchev–Trinajstić information content (AvgIpc) is 2.62. The number of primary amides is 1. The molecular formula is C8H10ClN3O3. The maximum Gasteiger partial charge on any atom is 0.270 e. The predicted octanol–water partition coefficient (Wildman–Crippen LogP) is 0.0170. The number of nitrogens with one attached hydrogen (secondary N) is 1. The molecule has 82 valence electrons. The van der Waals surface area contributed by atoms with Crippen molar-refractivity contribution in [1.29, 1.82) is 0 Å². The summed E-state index contributed by atoms with van der Waals surface area (Å²) in [5.74, 6) is -0.813. The van der Waals surface area contributed by atoms with Gasteiger partial charge in [0.05, 0.1) is 6.54 Å². The number of nitrogens with zero attached hydrogens (tertiary/aromatic N) is 1. The topological polar surface area (TPSA) is 98.2 Å². The minimum Gasteiger partial charge on any atom is -0.446 e. The Labute approximate surface area is 90.8 Å². The van der Waals surface area contributed by atoms with Gasteiger partial charge in [-0.15, -0.1) is 11.6 Å². The number of hydrogen-bond acceptors (Lipinski definition) is 4. The van der Waals surface area contributed by atoms with Crippen LogP contribution in [0.5, 0.6) is 0 Å². The van der Waals surface area contributed by atoms with Crippen molar-refractivity contribution in [2.75, 3.05) is 0 Å². The molecule has 6 nitrogen and oxygen atoms in total. The van der Waals surface area contributed by atoms with E-state index in [2.05, 4.69) is 10.3 Å². The molecule has 0 spiro atoms. The predicted molar refractivity (Wildman–Crippen MR) is 52.2 cm³/mol. The van der Waals surface area contributed by atoms with Crippen molar-refractivity contribution in [3.05, 3.63) is 17.8 Å². The van der Waals surface area contributed by atoms with Crippen LogP contribution in [0.1, 0.15) is 23.3 Å². The lowest BCUT2D eigenvalue weighted by atomic mass is 10.4. The number of aromatic nitrogens is 1. The number of rotatable bonds is 4. The van der Waals surface area contributed by atoms with E-state index >= 15 is 0 Å². The smallest absolute Gasteiger partial charge is 0.270 e. The lowest BCUT2D eigenvalue weighted by Crippen LogP contribution is -2.29. The molecule has 0 saturated heterocycles. The van der Waals surface area contributed by atoms with Crippen molar-refractivity contribution in [2.45, 2.75) is 18.8 Å². The van der Waals surface area contributed by atoms with Gasteiger partial charge in [-0.1, -0.05) is 0 Å². The monoisotopic (exact) mass is 231 g/mol. The van der Waals surface area contributed by atoms with E-state index in [1.165, 1.54) is 0 Å². The molecule has 1 atom stereocenters. The van der Waals surface area contributed by atoms with Crippen LogP contribution in [0.15, 0.2) is 10.7 Å². The highest BCUT2D eigenvalue weighted by molar-refractivity contribution is 6.30. The second-order valence-corrected chi connectivity index (χ2v) is 3.48. The van der Waals surface area contributed by atoms with Crippen LogP contribution < -0.4 is 11.1 Å². The molecule has 0 radical (unpaired) electrons. The van der Waals surface area contributed by atoms with Crippen LogP contribution in [0.4, 0.5) is 0 Å². The molecule has 0 aliphatic heterocycles. The fourth-order valence-electron chi connectivity index (χ4n) is 0.809. The highest BCUT2D eigenvalue weighted by atomic mass is 35.5. The first-order valence-corrected chi connectivity index (χ1v) is 4.60. The van der Waals surface area contributed by atoms with E-state index in [0.29, 0.717) is 0 Å². The number of amides is 2. The van der Waals surface area contributed by atoms with Gasteiger partial charge in [-0.3, -0.25) is 9.59 Å². The number of oxazole rings is 1. The average molecular weight is 232 g/mol. The molecule has 3 N–H and O–H groups in total. The molecule has 0 bridgehead atoms. The van der Waals surface area contributed by atoms with Gasteiger partial charge in [-0.25, -0.2) is 4.98 Å². The van der Waals surface area contributed by atoms with Crippen molar-refractivity contribution in [2.24, 2.45) is 5.73 Å². The van der Waals surface area contributed by atoms with Gasteiger partial charge in [0.2, 0.25) is 11.8 Å². The van der Waals surface area contributed by atoms with Crippen molar-refractivity contribution in [3.63, 3.8) is 0 Å². The largest absolute Gasteiger partial charge is 0.446 e. The third kappa shape index (κ3) is 3.25. The van der Waals surface area contributed by atoms with Crippen LogP contribution in [-0.4, -0.2) is 22.2 Å². The van der Waals surface area contributed by atoms with Crippen LogP contribution >= 0.6 is 11.6 Å². The molecule has 0 aliphatic rings. The highest BCUT2D eigenvalue weighted by Crippen LogP contribution is 2.01. The number of nitrogens with two attached hydrogens (primary N) is 1. The maximum absolute atomic E-state index is 11.1. The second kappa shape index (κ2) is 4.79. The maximum atomic E-state index is 11.1. The Bertz CT molecular complexity index is 375. The summed E-state index contributed by atoms with van der Waals surface area (Å²) in [6, 6.07) is 0. The number of halogens is 1. The van der Waals surface area contributed by atoms with Gasteiger partial charge in [0.25, 0.3) is 5.91 Å². The first-order chi connectivity index (χ1) is 7.00. The van der Waals surface area contributed by atoms with Crippen LogP contribution in [0.2, 0.25) is 0 Å². The summed E-state index contributed by atoms with van der Waals surface area (Å²) in [5, 5.41) is 1.84. The Morgan fingerprint density at radius 3 is 2.87 bits per heavy atom. The molecule has 7 heteroatoms. The van der Waals surface area contributed by atoms with Crippen LogP contribution in [0, 0.1) is 0 Å². The molecule has 0 saturated carbocycles. The Morgan fingerprint density at radius 1 is 1.73 bits per heavy atom. The van der Waals surface area contributed by atoms with Gasteiger partial charge >= 0.3 is 0 Å². The Morgan fingerprint density at radius 2 is 2.40 bits per heavy atom. The first kappa shape index (κ1) is 11.5. The summed E-state index contributed by atoms with van der Waals surface area (Å²) in [6.07, 6.45) is 1.13. The Hall–Kier alpha value is -1.56. The molecule has 2 amide bonds. The van der Waals surface area contributed by atoms with Crippen molar-refractivity contribution in [3.8, 4) is 0 Å². The quantitative estimate of drug-likeness (QED) is 0.714. The van der Waals surface area contributed by atoms with E-state index in [4.69, 9.17) is 21.8 Å². The summed E-state index contributed by atoms with van der Waals surface area (Å²) in [5.41, 5.74) is 4.99. The van der Waals surface area contributed by atoms with Gasteiger partial charge in [0.1, 0.15) is 11.6 Å². The zero-order chi connectivity index (χ0) is 11.4. The van der Waals surface area contributed by atoms with Crippen LogP contribution in [0.3, 0.4) is 0 Å². The minimum atomic E-state index is -0.679. The van der Waals surface area contributed by atoms with E-state index in [1.54, 1.807) is 6.92 Å². The molecular weight excluding hydrogens is 222 g/mol. The summed E-state index contributed by atoms with van der Waals surface area (Å²) >= 11 is 5.51. The van der Waals surface area contributed by atoms with Gasteiger partial charge in [-0.05, 0) is 6.92 Å². The summed E-state index contributed by atoms with van der Waals surface area (Å²) in [7, 11) is 0. The fourth-order valence-corrected chi connectivity index (χ4v) is 0.886. The Kier molecular flexibility index (Phi) is 3.68. The molecule has 15 heavy (non-hydrogen) atoms. The standard InChI is InChI=1S/C8H10ClN3O3/c1-4(9)8(14)11-2-6-12-5(3-15-6)7(10)13/h3-4H,2H2,1H3,(H2,10,13)(H,11,14). The van der Waals surface area contributed by atoms with Gasteiger partial charge in [0.15, 0.2) is 5.69 Å². The number of carbonyl (C=O) groups is 2. The molecule has 1 aromatic rings. The molecule has 1 rings (SSSR count). The van der Waals surface area contributed by atoms with Crippen molar-refractivity contribution < 1.29 is 14.0 Å². The third-order valence-electron chi connectivity index (χ3n) is 1.58. The summed E-state index contributed by atoms with van der Waals surface area (Å²) in [6.45, 7) is 1.62. The van der Waals surface area contributed by atoms with E-state index in [1.807, 2.05) is 0 Å². The van der Waals surface area contributed by atoms with E-state index in [9.17, 15) is 9.59 Å². The van der Waals surface area contributed by atoms with E-state index in [0.717, 1.165) is 6.26 Å². The first-order valence-electron chi connectivity index (χ1n) is 4.16. The van der Waals surface area contributed by atoms with Crippen LogP contribution in [-0.2, 0) is 11.3 Å². The van der Waals surface area contributed by atoms with Crippen molar-refractivity contribution >= 4 is 23.4 Å². The number of hydrogen-bond donors (Lipinski definition) is 2. The lowest BCUT2D eigenvalue weighted by Gasteiger charge is -2.02. The summed E-state index contributed by atoms with van der Waals surface area (Å²) in [4.78, 5) is 25.4. The van der Waals surface area contributed by atoms with Gasteiger partial charge < -0.3 is 15.5 Å². The van der Waals surface area contributed by atoms with E-state index < -0.39 is 11.3 Å². The van der Waals surface area contributed by atoms with Crippen LogP contribution in [0.25, 0.3) is 0 Å². The fraction of sp³-hybridized carbons (Fsp3) is 0.375. The normalized spacial score (nSPS) is 12.1. The van der Waals surface area contributed by atoms with Gasteiger partial charge in [-0.2, -0.15) is 0 Å². The highest BCUT2D eigenvalue weighted by Gasteiger charge is 2.12. The minimum absolute atomic E-state index is 0.0261. The summed E-state index contributed by atoms with van der Waals surface area (Å²) < 4.78 is 4.89. The molecule has 1 unspecified atom stereocenters. The Balaban J connectivity index is 2.51. The van der Waals surface area contributed by atoms with E-state index in [-0.39, 0.29) is 24.0 Å². The number of alkyl halides is 1. The molecule has 1 aromatic heterocycles. The third-order valence-corrected chi connectivity index (χ3v) is 1.78. The lowest BCUT2D eigenvalue weighted by molar-refractivity contribution is -0.120. The molecule has 1 heterocycles. The number of carbonyl (C=O) groups excluding carboxylic acids is 2. The second-order valence-electron chi connectivity index (χ2n) is 2.82. The zero-order valence-electron chi connectivity index (χ0n) is 7.99. The zero-order valence-corrected chi connectivity index (χ0v) is 8.75. The van der Waals surface area contributed by atoms with Gasteiger partial charge in [0, 0.05) is 0 Å². The molecule has 0 fully saturated rings.